The van der Waals surface area contributed by atoms with Crippen molar-refractivity contribution in [2.75, 3.05) is 18.5 Å². The second kappa shape index (κ2) is 6.23. The first-order valence-corrected chi connectivity index (χ1v) is 9.07. The quantitative estimate of drug-likeness (QED) is 0.817. The normalized spacial score (nSPS) is 24.1. The van der Waals surface area contributed by atoms with E-state index in [1.807, 2.05) is 36.9 Å². The Kier molecular flexibility index (Phi) is 4.07. The molecule has 0 saturated carbocycles. The highest BCUT2D eigenvalue weighted by atomic mass is 35.5. The summed E-state index contributed by atoms with van der Waals surface area (Å²) in [5.74, 6) is -0.704. The fraction of sp³-hybridized carbons (Fsp3) is 0.333. The number of halogens is 1. The van der Waals surface area contributed by atoms with Crippen LogP contribution in [0, 0.1) is 0 Å². The number of anilines is 1. The maximum atomic E-state index is 13.1. The lowest BCUT2D eigenvalue weighted by molar-refractivity contribution is -0.139. The number of rotatable bonds is 3. The first-order valence-electron chi connectivity index (χ1n) is 8.69. The van der Waals surface area contributed by atoms with Crippen molar-refractivity contribution >= 4 is 41.1 Å². The Labute approximate surface area is 166 Å². The predicted octanol–water partition coefficient (Wildman–Crippen LogP) is 1.16. The van der Waals surface area contributed by atoms with Gasteiger partial charge in [-0.1, -0.05) is 17.7 Å². The van der Waals surface area contributed by atoms with Crippen molar-refractivity contribution in [1.29, 1.82) is 0 Å². The number of guanidine groups is 1. The molecular formula is C18H19ClN6O3. The number of benzene rings is 1. The molecule has 1 aromatic rings. The monoisotopic (exact) mass is 402 g/mol. The number of nitrogens with two attached hydrogens (primary N) is 1. The third kappa shape index (κ3) is 2.46. The summed E-state index contributed by atoms with van der Waals surface area (Å²) in [6.45, 7) is 3.35. The summed E-state index contributed by atoms with van der Waals surface area (Å²) >= 11 is 6.15. The molecule has 0 bridgehead atoms. The van der Waals surface area contributed by atoms with Gasteiger partial charge in [0, 0.05) is 23.5 Å². The molecule has 3 aliphatic heterocycles. The van der Waals surface area contributed by atoms with E-state index in [-0.39, 0.29) is 0 Å². The molecule has 1 aromatic carbocycles. The average molecular weight is 403 g/mol. The number of nitrogens with zero attached hydrogens (tertiary/aromatic N) is 5. The molecule has 3 aliphatic rings. The Balaban J connectivity index is 1.78. The van der Waals surface area contributed by atoms with Crippen molar-refractivity contribution in [1.82, 2.24) is 14.7 Å². The lowest BCUT2D eigenvalue weighted by Crippen LogP contribution is -2.65. The van der Waals surface area contributed by atoms with E-state index in [0.717, 1.165) is 22.0 Å². The van der Waals surface area contributed by atoms with Crippen LogP contribution in [0.15, 0.2) is 40.7 Å². The van der Waals surface area contributed by atoms with E-state index in [1.54, 1.807) is 18.0 Å². The molecule has 2 N–H and O–H groups in total. The summed E-state index contributed by atoms with van der Waals surface area (Å²) in [5.41, 5.74) is 7.76. The van der Waals surface area contributed by atoms with Crippen molar-refractivity contribution in [2.24, 2.45) is 10.7 Å². The van der Waals surface area contributed by atoms with Crippen LogP contribution in [0.25, 0.3) is 0 Å². The predicted molar refractivity (Wildman–Crippen MR) is 103 cm³/mol. The zero-order chi connectivity index (χ0) is 20.3. The molecule has 2 unspecified atom stereocenters. The molecular weight excluding hydrogens is 384 g/mol. The molecule has 0 radical (unpaired) electrons. The topological polar surface area (TPSA) is 103 Å². The maximum Gasteiger partial charge on any atom is 0.328 e. The summed E-state index contributed by atoms with van der Waals surface area (Å²) in [6.07, 6.45) is -0.691. The van der Waals surface area contributed by atoms with Crippen LogP contribution in [0.4, 0.5) is 10.5 Å². The lowest BCUT2D eigenvalue weighted by Gasteiger charge is -2.40. The number of amides is 4. The van der Waals surface area contributed by atoms with E-state index in [1.165, 1.54) is 4.90 Å². The van der Waals surface area contributed by atoms with Gasteiger partial charge in [-0.3, -0.25) is 24.3 Å². The summed E-state index contributed by atoms with van der Waals surface area (Å²) in [7, 11) is 1.56. The first kappa shape index (κ1) is 18.3. The Morgan fingerprint density at radius 1 is 1.25 bits per heavy atom. The van der Waals surface area contributed by atoms with Crippen LogP contribution in [0.1, 0.15) is 13.8 Å². The van der Waals surface area contributed by atoms with Gasteiger partial charge < -0.3 is 10.6 Å². The molecule has 4 rings (SSSR count). The van der Waals surface area contributed by atoms with Gasteiger partial charge in [0.25, 0.3) is 5.91 Å². The van der Waals surface area contributed by atoms with E-state index in [0.29, 0.717) is 11.0 Å². The molecule has 9 nitrogen and oxygen atoms in total. The van der Waals surface area contributed by atoms with Crippen LogP contribution < -0.4 is 10.6 Å². The van der Waals surface area contributed by atoms with Crippen molar-refractivity contribution in [2.45, 2.75) is 26.1 Å². The van der Waals surface area contributed by atoms with Crippen molar-refractivity contribution < 1.29 is 14.4 Å². The number of hydrogen-bond acceptors (Lipinski definition) is 6. The molecule has 2 atom stereocenters. The van der Waals surface area contributed by atoms with Crippen LogP contribution in [-0.4, -0.2) is 64.3 Å². The van der Waals surface area contributed by atoms with E-state index < -0.39 is 36.6 Å². The number of imide groups is 1. The third-order valence-corrected chi connectivity index (χ3v) is 5.51. The molecule has 0 aliphatic carbocycles. The highest BCUT2D eigenvalue weighted by Gasteiger charge is 2.56. The number of fused-ring (bicyclic) bond motifs is 3. The van der Waals surface area contributed by atoms with Gasteiger partial charge >= 0.3 is 6.03 Å². The minimum absolute atomic E-state index is 0.464. The second-order valence-corrected chi connectivity index (χ2v) is 7.36. The van der Waals surface area contributed by atoms with Gasteiger partial charge in [-0.05, 0) is 32.0 Å². The average Bonchev–Trinajstić information content (AvgIpc) is 3.13. The van der Waals surface area contributed by atoms with Crippen molar-refractivity contribution in [3.63, 3.8) is 0 Å². The van der Waals surface area contributed by atoms with Gasteiger partial charge in [0.15, 0.2) is 12.2 Å². The Bertz CT molecular complexity index is 974. The van der Waals surface area contributed by atoms with Gasteiger partial charge in [0.05, 0.1) is 5.69 Å². The smallest absolute Gasteiger partial charge is 0.328 e. The number of primary amides is 1. The fourth-order valence-electron chi connectivity index (χ4n) is 3.84. The summed E-state index contributed by atoms with van der Waals surface area (Å²) in [4.78, 5) is 47.6. The molecule has 146 valence electrons. The molecule has 1 saturated heterocycles. The highest BCUT2D eigenvalue weighted by Crippen LogP contribution is 2.40. The number of allylic oxidation sites excluding steroid dienone is 2. The van der Waals surface area contributed by atoms with E-state index >= 15 is 0 Å². The fourth-order valence-corrected chi connectivity index (χ4v) is 4.02. The molecule has 4 amide bonds. The molecule has 0 aromatic heterocycles. The second-order valence-electron chi connectivity index (χ2n) is 6.93. The van der Waals surface area contributed by atoms with E-state index in [9.17, 15) is 14.4 Å². The van der Waals surface area contributed by atoms with Crippen LogP contribution in [0.2, 0.25) is 5.02 Å². The summed E-state index contributed by atoms with van der Waals surface area (Å²) < 4.78 is 0. The standard InChI is InChI=1S/C18H19ClN6O3/c1-9-10(2)25-14-15(22(3)18(28)23(16(14)27)8-13(20)26)21-17(25)24(9)12-6-4-5-11(19)7-12/h4-7,14-15H,8H2,1-3H3,(H2,20,26). The number of carbonyl (C=O) groups excluding carboxylic acids is 3. The van der Waals surface area contributed by atoms with Gasteiger partial charge in [0.2, 0.25) is 11.9 Å². The number of aliphatic imine (C=N–C) groups is 1. The summed E-state index contributed by atoms with van der Waals surface area (Å²) in [6, 6.07) is 5.97. The van der Waals surface area contributed by atoms with E-state index in [4.69, 9.17) is 17.3 Å². The zero-order valence-electron chi connectivity index (χ0n) is 15.6. The minimum Gasteiger partial charge on any atom is -0.368 e. The van der Waals surface area contributed by atoms with Crippen LogP contribution in [0.3, 0.4) is 0 Å². The number of hydrogen-bond donors (Lipinski definition) is 1. The Morgan fingerprint density at radius 3 is 2.61 bits per heavy atom. The lowest BCUT2D eigenvalue weighted by atomic mass is 10.1. The molecule has 0 spiro atoms. The maximum absolute atomic E-state index is 13.1. The van der Waals surface area contributed by atoms with Crippen LogP contribution in [0.5, 0.6) is 0 Å². The number of carbonyl (C=O) groups is 3. The Hall–Kier alpha value is -3.07. The first-order chi connectivity index (χ1) is 13.2. The van der Waals surface area contributed by atoms with Gasteiger partial charge in [-0.15, -0.1) is 0 Å². The Morgan fingerprint density at radius 2 is 1.96 bits per heavy atom. The third-order valence-electron chi connectivity index (χ3n) is 5.27. The highest BCUT2D eigenvalue weighted by molar-refractivity contribution is 6.31. The van der Waals surface area contributed by atoms with Gasteiger partial charge in [-0.2, -0.15) is 0 Å². The molecule has 10 heteroatoms. The minimum atomic E-state index is -0.754. The van der Waals surface area contributed by atoms with E-state index in [2.05, 4.69) is 4.99 Å². The van der Waals surface area contributed by atoms with Gasteiger partial charge in [-0.25, -0.2) is 9.79 Å². The van der Waals surface area contributed by atoms with Crippen LogP contribution in [-0.2, 0) is 9.59 Å². The number of urea groups is 1. The number of likely N-dealkylation sites (N-methyl/N-ethyl adjacent to an activating group) is 1. The van der Waals surface area contributed by atoms with Crippen molar-refractivity contribution in [3.8, 4) is 0 Å². The SMILES string of the molecule is CC1=C(C)N2C(=NC3C2C(=O)N(CC(N)=O)C(=O)N3C)N1c1cccc(Cl)c1. The van der Waals surface area contributed by atoms with Gasteiger partial charge in [0.1, 0.15) is 6.54 Å². The molecule has 1 fully saturated rings. The molecule has 3 heterocycles. The largest absolute Gasteiger partial charge is 0.368 e. The van der Waals surface area contributed by atoms with Crippen molar-refractivity contribution in [3.05, 3.63) is 40.7 Å². The molecule has 28 heavy (non-hydrogen) atoms. The van der Waals surface area contributed by atoms with Crippen LogP contribution >= 0.6 is 11.6 Å². The summed E-state index contributed by atoms with van der Waals surface area (Å²) in [5, 5.41) is 0.577. The zero-order valence-corrected chi connectivity index (χ0v) is 16.3.